The number of nitrogens with zero attached hydrogens (tertiary/aromatic N) is 2. The minimum absolute atomic E-state index is 0.0399. The van der Waals surface area contributed by atoms with Crippen molar-refractivity contribution < 1.29 is 9.53 Å². The number of carbonyl (C=O) groups excluding carboxylic acids is 1. The van der Waals surface area contributed by atoms with E-state index in [-0.39, 0.29) is 11.9 Å². The van der Waals surface area contributed by atoms with Crippen molar-refractivity contribution in [2.75, 3.05) is 32.8 Å². The molecule has 4 heteroatoms. The van der Waals surface area contributed by atoms with E-state index in [1.54, 1.807) is 0 Å². The van der Waals surface area contributed by atoms with E-state index < -0.39 is 0 Å². The molecule has 0 aromatic carbocycles. The zero-order chi connectivity index (χ0) is 22.6. The topological polar surface area (TPSA) is 32.8 Å². The maximum absolute atomic E-state index is 12.1. The molecule has 3 aliphatic rings. The van der Waals surface area contributed by atoms with Crippen molar-refractivity contribution in [3.63, 3.8) is 0 Å². The van der Waals surface area contributed by atoms with Crippen LogP contribution in [0.4, 0.5) is 0 Å². The predicted octanol–water partition coefficient (Wildman–Crippen LogP) is 6.12. The second-order valence-corrected chi connectivity index (χ2v) is 10.7. The largest absolute Gasteiger partial charge is 0.466 e. The zero-order valence-corrected chi connectivity index (χ0v) is 21.2. The van der Waals surface area contributed by atoms with Gasteiger partial charge in [-0.3, -0.25) is 9.69 Å². The average Bonchev–Trinajstić information content (AvgIpc) is 2.72. The molecule has 2 saturated heterocycles. The Labute approximate surface area is 192 Å². The lowest BCUT2D eigenvalue weighted by molar-refractivity contribution is -0.160. The van der Waals surface area contributed by atoms with Gasteiger partial charge in [0.1, 0.15) is 0 Å². The monoisotopic (exact) mass is 434 g/mol. The highest BCUT2D eigenvalue weighted by molar-refractivity contribution is 5.74. The lowest BCUT2D eigenvalue weighted by Crippen LogP contribution is -2.58. The van der Waals surface area contributed by atoms with Crippen LogP contribution in [0.5, 0.6) is 0 Å². The third-order valence-electron chi connectivity index (χ3n) is 6.94. The Hall–Kier alpha value is -1.03. The minimum Gasteiger partial charge on any atom is -0.466 e. The maximum Gasteiger partial charge on any atom is 0.310 e. The minimum atomic E-state index is 0.0399. The summed E-state index contributed by atoms with van der Waals surface area (Å²) in [4.78, 5) is 17.1. The molecule has 0 bridgehead atoms. The first-order valence-electron chi connectivity index (χ1n) is 13.2. The second kappa shape index (κ2) is 14.2. The van der Waals surface area contributed by atoms with Crippen LogP contribution < -0.4 is 0 Å². The Morgan fingerprint density at radius 2 is 1.55 bits per heavy atom. The molecule has 0 amide bonds. The van der Waals surface area contributed by atoms with Crippen molar-refractivity contribution in [2.45, 2.75) is 98.4 Å². The molecule has 2 aliphatic heterocycles. The Morgan fingerprint density at radius 1 is 0.935 bits per heavy atom. The third kappa shape index (κ3) is 9.16. The number of hydrogen-bond donors (Lipinski definition) is 0. The van der Waals surface area contributed by atoms with Crippen LogP contribution in [0.1, 0.15) is 92.4 Å². The summed E-state index contributed by atoms with van der Waals surface area (Å²) in [6.07, 6.45) is 16.2. The Kier molecular flexibility index (Phi) is 12.0. The van der Waals surface area contributed by atoms with Crippen molar-refractivity contribution in [3.8, 4) is 0 Å². The van der Waals surface area contributed by atoms with E-state index in [4.69, 9.17) is 4.74 Å². The van der Waals surface area contributed by atoms with Gasteiger partial charge < -0.3 is 9.64 Å². The number of rotatable bonds is 8. The lowest BCUT2D eigenvalue weighted by Gasteiger charge is -2.51. The highest BCUT2D eigenvalue weighted by Crippen LogP contribution is 2.43. The molecular formula is C27H50N2O2. The summed E-state index contributed by atoms with van der Waals surface area (Å²) in [6, 6.07) is 0.460. The number of ether oxygens (including phenoxy) is 1. The summed E-state index contributed by atoms with van der Waals surface area (Å²) < 4.78 is 5.25. The molecule has 3 atom stereocenters. The fourth-order valence-corrected chi connectivity index (χ4v) is 5.38. The van der Waals surface area contributed by atoms with Crippen LogP contribution in [0.15, 0.2) is 12.3 Å². The summed E-state index contributed by atoms with van der Waals surface area (Å²) in [5.74, 6) is 2.40. The number of carbonyl (C=O) groups is 1. The fourth-order valence-electron chi connectivity index (χ4n) is 5.38. The number of allylic oxidation sites excluding steroid dienone is 1. The Morgan fingerprint density at radius 3 is 2.10 bits per heavy atom. The SMILES string of the molecule is CC(C)C/C=C/N1CCCCC1.CCOC(=O)C1CC(CC(C)C)C1N1CCCCC1. The molecule has 2 heterocycles. The quantitative estimate of drug-likeness (QED) is 0.431. The normalized spacial score (nSPS) is 27.2. The number of piperidine rings is 2. The standard InChI is InChI=1S/C16H29NO2.C11H21N/c1-4-19-16(18)14-11-13(10-12(2)3)15(14)17-8-6-5-7-9-17;1-11(2)7-6-10-12-8-4-3-5-9-12/h12-15H,4-11H2,1-3H3;6,10-11H,3-5,7-9H2,1-2H3/b;10-6+. The van der Waals surface area contributed by atoms with E-state index >= 15 is 0 Å². The molecule has 1 saturated carbocycles. The summed E-state index contributed by atoms with van der Waals surface area (Å²) in [6.45, 7) is 16.4. The summed E-state index contributed by atoms with van der Waals surface area (Å²) >= 11 is 0. The van der Waals surface area contributed by atoms with Crippen LogP contribution in [-0.2, 0) is 9.53 Å². The lowest BCUT2D eigenvalue weighted by atomic mass is 9.65. The first-order chi connectivity index (χ1) is 14.9. The van der Waals surface area contributed by atoms with Crippen LogP contribution >= 0.6 is 0 Å². The predicted molar refractivity (Wildman–Crippen MR) is 131 cm³/mol. The van der Waals surface area contributed by atoms with Gasteiger partial charge in [-0.1, -0.05) is 40.2 Å². The first-order valence-corrected chi connectivity index (χ1v) is 13.2. The number of esters is 1. The van der Waals surface area contributed by atoms with Gasteiger partial charge in [0.2, 0.25) is 0 Å². The molecule has 31 heavy (non-hydrogen) atoms. The van der Waals surface area contributed by atoms with Crippen LogP contribution in [0.2, 0.25) is 0 Å². The molecular weight excluding hydrogens is 384 g/mol. The van der Waals surface area contributed by atoms with E-state index in [0.717, 1.165) is 18.3 Å². The van der Waals surface area contributed by atoms with Crippen molar-refractivity contribution in [1.82, 2.24) is 9.80 Å². The van der Waals surface area contributed by atoms with Gasteiger partial charge >= 0.3 is 5.97 Å². The molecule has 0 spiro atoms. The van der Waals surface area contributed by atoms with E-state index in [2.05, 4.69) is 49.8 Å². The van der Waals surface area contributed by atoms with Gasteiger partial charge in [-0.2, -0.15) is 0 Å². The molecule has 0 N–H and O–H groups in total. The van der Waals surface area contributed by atoms with Gasteiger partial charge in [0.15, 0.2) is 0 Å². The van der Waals surface area contributed by atoms with E-state index in [1.165, 1.54) is 77.5 Å². The second-order valence-electron chi connectivity index (χ2n) is 10.7. The molecule has 4 nitrogen and oxygen atoms in total. The zero-order valence-electron chi connectivity index (χ0n) is 21.2. The molecule has 0 aromatic rings. The van der Waals surface area contributed by atoms with E-state index in [9.17, 15) is 4.79 Å². The molecule has 3 fully saturated rings. The number of likely N-dealkylation sites (tertiary alicyclic amines) is 2. The van der Waals surface area contributed by atoms with Crippen LogP contribution in [0.3, 0.4) is 0 Å². The Bertz CT molecular complexity index is 519. The van der Waals surface area contributed by atoms with Gasteiger partial charge in [0.05, 0.1) is 12.5 Å². The van der Waals surface area contributed by atoms with Gasteiger partial charge in [-0.25, -0.2) is 0 Å². The summed E-state index contributed by atoms with van der Waals surface area (Å²) in [7, 11) is 0. The van der Waals surface area contributed by atoms with Gasteiger partial charge in [-0.15, -0.1) is 0 Å². The molecule has 0 aromatic heterocycles. The smallest absolute Gasteiger partial charge is 0.310 e. The maximum atomic E-state index is 12.1. The number of hydrogen-bond acceptors (Lipinski definition) is 4. The molecule has 0 radical (unpaired) electrons. The molecule has 3 unspecified atom stereocenters. The third-order valence-corrected chi connectivity index (χ3v) is 6.94. The Balaban J connectivity index is 0.000000245. The van der Waals surface area contributed by atoms with E-state index in [1.807, 2.05) is 6.92 Å². The van der Waals surface area contributed by atoms with Crippen molar-refractivity contribution in [2.24, 2.45) is 23.7 Å². The van der Waals surface area contributed by atoms with Crippen molar-refractivity contribution in [3.05, 3.63) is 12.3 Å². The highest BCUT2D eigenvalue weighted by Gasteiger charge is 2.48. The summed E-state index contributed by atoms with van der Waals surface area (Å²) in [5, 5.41) is 0. The van der Waals surface area contributed by atoms with E-state index in [0.29, 0.717) is 18.6 Å². The van der Waals surface area contributed by atoms with Crippen LogP contribution in [0.25, 0.3) is 0 Å². The van der Waals surface area contributed by atoms with Gasteiger partial charge in [-0.05, 0) is 95.3 Å². The average molecular weight is 435 g/mol. The fraction of sp³-hybridized carbons (Fsp3) is 0.889. The first kappa shape index (κ1) is 26.2. The summed E-state index contributed by atoms with van der Waals surface area (Å²) in [5.41, 5.74) is 0. The van der Waals surface area contributed by atoms with Crippen molar-refractivity contribution >= 4 is 5.97 Å². The molecule has 1 aliphatic carbocycles. The van der Waals surface area contributed by atoms with Gasteiger partial charge in [0, 0.05) is 19.1 Å². The molecule has 180 valence electrons. The van der Waals surface area contributed by atoms with Crippen molar-refractivity contribution in [1.29, 1.82) is 0 Å². The van der Waals surface area contributed by atoms with Crippen LogP contribution in [0, 0.1) is 23.7 Å². The molecule has 3 rings (SSSR count). The van der Waals surface area contributed by atoms with Crippen LogP contribution in [-0.4, -0.2) is 54.6 Å². The highest BCUT2D eigenvalue weighted by atomic mass is 16.5. The van der Waals surface area contributed by atoms with Gasteiger partial charge in [0.25, 0.3) is 0 Å².